The van der Waals surface area contributed by atoms with E-state index in [1.807, 2.05) is 0 Å². The van der Waals surface area contributed by atoms with Crippen molar-refractivity contribution in [3.8, 4) is 0 Å². The number of carbonyl (C=O) groups is 1. The molecule has 0 aliphatic carbocycles. The van der Waals surface area contributed by atoms with Gasteiger partial charge in [-0.15, -0.1) is 0 Å². The molecule has 1 heterocycles. The second kappa shape index (κ2) is 3.62. The topological polar surface area (TPSA) is 49.3 Å². The minimum Gasteiger partial charge on any atom is -0.396 e. The van der Waals surface area contributed by atoms with Gasteiger partial charge in [0, 0.05) is 18.2 Å². The smallest absolute Gasteiger partial charge is 0.228 e. The quantitative estimate of drug-likeness (QED) is 0.773. The molecule has 1 unspecified atom stereocenters. The molecule has 0 spiro atoms. The Bertz CT molecular complexity index is 417. The third kappa shape index (κ3) is 1.72. The molecule has 1 aromatic rings. The van der Waals surface area contributed by atoms with Gasteiger partial charge in [0.25, 0.3) is 0 Å². The van der Waals surface area contributed by atoms with E-state index in [4.69, 9.17) is 5.11 Å². The lowest BCUT2D eigenvalue weighted by atomic mass is 9.97. The molecule has 1 atom stereocenters. The lowest BCUT2D eigenvalue weighted by Crippen LogP contribution is -2.07. The molecule has 0 saturated carbocycles. The molecule has 0 aromatic heterocycles. The summed E-state index contributed by atoms with van der Waals surface area (Å²) in [7, 11) is 0. The molecular formula is C11H12FNO2. The molecule has 2 rings (SSSR count). The predicted molar refractivity (Wildman–Crippen MR) is 54.2 cm³/mol. The minimum atomic E-state index is -0.361. The van der Waals surface area contributed by atoms with Gasteiger partial charge in [-0.1, -0.05) is 6.92 Å². The number of hydrogen-bond donors (Lipinski definition) is 2. The summed E-state index contributed by atoms with van der Waals surface area (Å²) in [6, 6.07) is 2.73. The van der Waals surface area contributed by atoms with Crippen molar-refractivity contribution in [2.24, 2.45) is 0 Å². The zero-order chi connectivity index (χ0) is 11.0. The summed E-state index contributed by atoms with van der Waals surface area (Å²) in [5, 5.41) is 11.7. The van der Waals surface area contributed by atoms with Crippen LogP contribution in [0.3, 0.4) is 0 Å². The summed E-state index contributed by atoms with van der Waals surface area (Å²) in [5.74, 6) is -0.657. The first-order valence-electron chi connectivity index (χ1n) is 4.85. The van der Waals surface area contributed by atoms with E-state index in [-0.39, 0.29) is 30.7 Å². The van der Waals surface area contributed by atoms with Crippen molar-refractivity contribution in [1.82, 2.24) is 0 Å². The van der Waals surface area contributed by atoms with Crippen molar-refractivity contribution in [2.75, 3.05) is 11.9 Å². The van der Waals surface area contributed by atoms with Crippen molar-refractivity contribution >= 4 is 11.6 Å². The molecule has 2 N–H and O–H groups in total. The molecule has 0 fully saturated rings. The van der Waals surface area contributed by atoms with E-state index in [0.29, 0.717) is 16.8 Å². The van der Waals surface area contributed by atoms with Crippen LogP contribution in [-0.2, 0) is 11.2 Å². The summed E-state index contributed by atoms with van der Waals surface area (Å²) in [5.41, 5.74) is 2.01. The maximum absolute atomic E-state index is 13.2. The number of carbonyl (C=O) groups excluding carboxylic acids is 1. The van der Waals surface area contributed by atoms with Gasteiger partial charge in [0.15, 0.2) is 0 Å². The predicted octanol–water partition coefficient (Wildman–Crippen LogP) is 1.42. The summed E-state index contributed by atoms with van der Waals surface area (Å²) in [4.78, 5) is 11.2. The first-order chi connectivity index (χ1) is 7.11. The number of nitrogens with one attached hydrogen (secondary N) is 1. The van der Waals surface area contributed by atoms with Gasteiger partial charge in [-0.2, -0.15) is 0 Å². The molecule has 1 amide bonds. The van der Waals surface area contributed by atoms with Crippen LogP contribution in [0.15, 0.2) is 12.1 Å². The normalized spacial score (nSPS) is 16.1. The number of benzene rings is 1. The van der Waals surface area contributed by atoms with Gasteiger partial charge >= 0.3 is 0 Å². The fourth-order valence-corrected chi connectivity index (χ4v) is 1.82. The number of anilines is 1. The van der Waals surface area contributed by atoms with E-state index in [0.717, 1.165) is 0 Å². The summed E-state index contributed by atoms with van der Waals surface area (Å²) in [6.45, 7) is 1.73. The molecule has 0 saturated heterocycles. The highest BCUT2D eigenvalue weighted by molar-refractivity contribution is 6.00. The van der Waals surface area contributed by atoms with Crippen molar-refractivity contribution in [3.63, 3.8) is 0 Å². The molecule has 0 radical (unpaired) electrons. The van der Waals surface area contributed by atoms with Crippen LogP contribution in [0.4, 0.5) is 10.1 Å². The maximum Gasteiger partial charge on any atom is 0.228 e. The van der Waals surface area contributed by atoms with Crippen molar-refractivity contribution in [1.29, 1.82) is 0 Å². The highest BCUT2D eigenvalue weighted by atomic mass is 19.1. The molecule has 15 heavy (non-hydrogen) atoms. The average molecular weight is 209 g/mol. The fraction of sp³-hybridized carbons (Fsp3) is 0.364. The van der Waals surface area contributed by atoms with Crippen LogP contribution in [0.25, 0.3) is 0 Å². The number of aliphatic hydroxyl groups is 1. The Morgan fingerprint density at radius 3 is 3.00 bits per heavy atom. The van der Waals surface area contributed by atoms with E-state index in [1.165, 1.54) is 12.1 Å². The van der Waals surface area contributed by atoms with Crippen LogP contribution >= 0.6 is 0 Å². The third-order valence-corrected chi connectivity index (χ3v) is 2.64. The molecule has 3 nitrogen and oxygen atoms in total. The Morgan fingerprint density at radius 1 is 1.60 bits per heavy atom. The molecule has 1 aromatic carbocycles. The number of fused-ring (bicyclic) bond motifs is 1. The molecule has 1 aliphatic heterocycles. The monoisotopic (exact) mass is 209 g/mol. The van der Waals surface area contributed by atoms with E-state index in [1.54, 1.807) is 6.92 Å². The van der Waals surface area contributed by atoms with Gasteiger partial charge in [0.05, 0.1) is 6.42 Å². The van der Waals surface area contributed by atoms with Crippen molar-refractivity contribution < 1.29 is 14.3 Å². The van der Waals surface area contributed by atoms with Crippen molar-refractivity contribution in [3.05, 3.63) is 29.1 Å². The van der Waals surface area contributed by atoms with E-state index >= 15 is 0 Å². The number of halogens is 1. The van der Waals surface area contributed by atoms with E-state index < -0.39 is 0 Å². The van der Waals surface area contributed by atoms with E-state index in [2.05, 4.69) is 5.32 Å². The Kier molecular flexibility index (Phi) is 2.44. The van der Waals surface area contributed by atoms with Gasteiger partial charge < -0.3 is 10.4 Å². The largest absolute Gasteiger partial charge is 0.396 e. The summed E-state index contributed by atoms with van der Waals surface area (Å²) < 4.78 is 13.2. The zero-order valence-corrected chi connectivity index (χ0v) is 8.38. The lowest BCUT2D eigenvalue weighted by molar-refractivity contribution is -0.115. The molecule has 1 aliphatic rings. The molecule has 0 bridgehead atoms. The van der Waals surface area contributed by atoms with Gasteiger partial charge in [-0.3, -0.25) is 4.79 Å². The SMILES string of the molecule is CC(CO)c1cc(F)cc2c1NC(=O)C2. The summed E-state index contributed by atoms with van der Waals surface area (Å²) >= 11 is 0. The highest BCUT2D eigenvalue weighted by Crippen LogP contribution is 2.32. The van der Waals surface area contributed by atoms with Crippen LogP contribution in [0, 0.1) is 5.82 Å². The van der Waals surface area contributed by atoms with Crippen LogP contribution < -0.4 is 5.32 Å². The zero-order valence-electron chi connectivity index (χ0n) is 8.38. The Labute approximate surface area is 86.9 Å². The summed E-state index contributed by atoms with van der Waals surface area (Å²) in [6.07, 6.45) is 0.220. The van der Waals surface area contributed by atoms with Crippen LogP contribution in [0.5, 0.6) is 0 Å². The first-order valence-corrected chi connectivity index (χ1v) is 4.85. The number of aliphatic hydroxyl groups excluding tert-OH is 1. The average Bonchev–Trinajstić information content (AvgIpc) is 2.55. The standard InChI is InChI=1S/C11H12FNO2/c1-6(5-14)9-4-8(12)2-7-3-10(15)13-11(7)9/h2,4,6,14H,3,5H2,1H3,(H,13,15). The number of hydrogen-bond acceptors (Lipinski definition) is 2. The van der Waals surface area contributed by atoms with Gasteiger partial charge in [-0.05, 0) is 23.3 Å². The Hall–Kier alpha value is -1.42. The molecular weight excluding hydrogens is 197 g/mol. The molecule has 4 heteroatoms. The Morgan fingerprint density at radius 2 is 2.33 bits per heavy atom. The minimum absolute atomic E-state index is 0.0637. The van der Waals surface area contributed by atoms with Crippen molar-refractivity contribution in [2.45, 2.75) is 19.3 Å². The fourth-order valence-electron chi connectivity index (χ4n) is 1.82. The van der Waals surface area contributed by atoms with Gasteiger partial charge in [-0.25, -0.2) is 4.39 Å². The maximum atomic E-state index is 13.2. The van der Waals surface area contributed by atoms with Crippen LogP contribution in [0.1, 0.15) is 24.0 Å². The van der Waals surface area contributed by atoms with Gasteiger partial charge in [0.1, 0.15) is 5.82 Å². The highest BCUT2D eigenvalue weighted by Gasteiger charge is 2.23. The van der Waals surface area contributed by atoms with Crippen LogP contribution in [-0.4, -0.2) is 17.6 Å². The first kappa shape index (κ1) is 10.1. The molecule has 80 valence electrons. The number of amides is 1. The van der Waals surface area contributed by atoms with E-state index in [9.17, 15) is 9.18 Å². The lowest BCUT2D eigenvalue weighted by Gasteiger charge is -2.13. The second-order valence-electron chi connectivity index (χ2n) is 3.84. The Balaban J connectivity index is 2.51. The number of rotatable bonds is 2. The van der Waals surface area contributed by atoms with Crippen LogP contribution in [0.2, 0.25) is 0 Å². The second-order valence-corrected chi connectivity index (χ2v) is 3.84. The third-order valence-electron chi connectivity index (χ3n) is 2.64. The van der Waals surface area contributed by atoms with Gasteiger partial charge in [0.2, 0.25) is 5.91 Å².